The van der Waals surface area contributed by atoms with Crippen LogP contribution < -0.4 is 21.1 Å². The predicted octanol–water partition coefficient (Wildman–Crippen LogP) is 16.8. The minimum atomic E-state index is -0.437. The van der Waals surface area contributed by atoms with Crippen molar-refractivity contribution >= 4 is 144 Å². The Labute approximate surface area is 424 Å². The highest BCUT2D eigenvalue weighted by Gasteiger charge is 2.47. The maximum Gasteiger partial charge on any atom is 0.264 e. The number of para-hydroxylation sites is 4. The minimum Gasteiger partial charge on any atom is -0.457 e. The van der Waals surface area contributed by atoms with Crippen molar-refractivity contribution in [2.45, 2.75) is 9.79 Å². The van der Waals surface area contributed by atoms with Crippen molar-refractivity contribution in [1.29, 1.82) is 0 Å². The van der Waals surface area contributed by atoms with Gasteiger partial charge in [0.1, 0.15) is 44.8 Å². The molecule has 0 radical (unpaired) electrons. The van der Waals surface area contributed by atoms with Crippen LogP contribution in [0.5, 0.6) is 11.5 Å². The first-order chi connectivity index (χ1) is 36.7. The summed E-state index contributed by atoms with van der Waals surface area (Å²) < 4.78 is 39.0. The summed E-state index contributed by atoms with van der Waals surface area (Å²) >= 11 is 1.73. The first-order valence-electron chi connectivity index (χ1n) is 25.0. The van der Waals surface area contributed by atoms with Gasteiger partial charge in [-0.15, -0.1) is 0 Å². The van der Waals surface area contributed by atoms with Crippen LogP contribution in [0.4, 0.5) is 0 Å². The molecule has 18 rings (SSSR count). The van der Waals surface area contributed by atoms with Crippen molar-refractivity contribution in [3.8, 4) is 39.4 Å². The van der Waals surface area contributed by atoms with Crippen molar-refractivity contribution < 1.29 is 22.4 Å². The third kappa shape index (κ3) is 5.07. The highest BCUT2D eigenvalue weighted by molar-refractivity contribution is 8.00. The molecule has 0 saturated heterocycles. The summed E-state index contributed by atoms with van der Waals surface area (Å²) in [6.45, 7) is -0.437. The van der Waals surface area contributed by atoms with E-state index in [0.29, 0.717) is 11.3 Å². The van der Waals surface area contributed by atoms with E-state index in [2.05, 4.69) is 205 Å². The van der Waals surface area contributed by atoms with Crippen molar-refractivity contribution in [1.82, 2.24) is 4.57 Å². The molecular weight excluding hydrogens is 930 g/mol. The van der Waals surface area contributed by atoms with E-state index < -0.39 is 6.71 Å². The summed E-state index contributed by atoms with van der Waals surface area (Å²) in [5, 5.41) is 10.5. The summed E-state index contributed by atoms with van der Waals surface area (Å²) in [4.78, 5) is 2.06. The molecule has 0 N–H and O–H groups in total. The van der Waals surface area contributed by atoms with Crippen LogP contribution in [0.1, 0.15) is 0 Å². The minimum absolute atomic E-state index is 0.437. The molecule has 0 spiro atoms. The Bertz CT molecular complexity index is 4840. The quantitative estimate of drug-likeness (QED) is 0.164. The Hall–Kier alpha value is -9.37. The van der Waals surface area contributed by atoms with Crippen molar-refractivity contribution in [2.24, 2.45) is 0 Å². The van der Waals surface area contributed by atoms with Gasteiger partial charge in [-0.05, 0) is 87.8 Å². The lowest BCUT2D eigenvalue weighted by Crippen LogP contribution is -2.58. The summed E-state index contributed by atoms with van der Waals surface area (Å²) in [5.41, 5.74) is 16.9. The average Bonchev–Trinajstić information content (AvgIpc) is 4.29. The summed E-state index contributed by atoms with van der Waals surface area (Å²) in [6.07, 6.45) is 0. The van der Waals surface area contributed by atoms with E-state index in [9.17, 15) is 0 Å². The summed E-state index contributed by atoms with van der Waals surface area (Å²) in [7, 11) is 0. The van der Waals surface area contributed by atoms with Gasteiger partial charge in [-0.25, -0.2) is 0 Å². The predicted molar refractivity (Wildman–Crippen MR) is 303 cm³/mol. The molecule has 11 aromatic carbocycles. The van der Waals surface area contributed by atoms with Gasteiger partial charge in [0.2, 0.25) is 0 Å². The number of fused-ring (bicyclic) bond motifs is 25. The van der Waals surface area contributed by atoms with E-state index >= 15 is 0 Å². The topological polar surface area (TPSA) is 66.7 Å². The Balaban J connectivity index is 1.02. The zero-order valence-corrected chi connectivity index (χ0v) is 39.9. The fourth-order valence-corrected chi connectivity index (χ4v) is 14.1. The Morgan fingerprint density at radius 1 is 0.351 bits per heavy atom. The average molecular weight is 964 g/mol. The van der Waals surface area contributed by atoms with Crippen LogP contribution in [0.25, 0.3) is 138 Å². The number of benzene rings is 11. The van der Waals surface area contributed by atoms with Crippen LogP contribution in [0, 0.1) is 0 Å². The van der Waals surface area contributed by atoms with Crippen LogP contribution in [-0.4, -0.2) is 11.3 Å². The second-order valence-electron chi connectivity index (χ2n) is 19.7. The number of furan rings is 4. The maximum atomic E-state index is 7.59. The molecule has 16 aromatic rings. The van der Waals surface area contributed by atoms with E-state index in [4.69, 9.17) is 22.4 Å². The summed E-state index contributed by atoms with van der Waals surface area (Å²) in [6, 6.07) is 72.8. The number of rotatable bonds is 3. The molecular formula is C66H34BNO5S. The van der Waals surface area contributed by atoms with Gasteiger partial charge in [0.25, 0.3) is 6.71 Å². The number of hydrogen-bond acceptors (Lipinski definition) is 6. The van der Waals surface area contributed by atoms with Gasteiger partial charge in [-0.2, -0.15) is 0 Å². The zero-order valence-electron chi connectivity index (χ0n) is 39.1. The van der Waals surface area contributed by atoms with Gasteiger partial charge in [-0.1, -0.05) is 157 Å². The van der Waals surface area contributed by atoms with Crippen LogP contribution in [-0.2, 0) is 0 Å². The molecule has 0 bridgehead atoms. The smallest absolute Gasteiger partial charge is 0.264 e. The highest BCUT2D eigenvalue weighted by atomic mass is 32.2. The first kappa shape index (κ1) is 39.3. The van der Waals surface area contributed by atoms with Crippen molar-refractivity contribution in [2.75, 3.05) is 0 Å². The van der Waals surface area contributed by atoms with Crippen LogP contribution >= 0.6 is 11.8 Å². The molecule has 0 amide bonds. The lowest BCUT2D eigenvalue weighted by Gasteiger charge is -2.33. The second kappa shape index (κ2) is 14.2. The van der Waals surface area contributed by atoms with E-state index in [1.165, 1.54) is 10.8 Å². The zero-order chi connectivity index (χ0) is 47.9. The van der Waals surface area contributed by atoms with Gasteiger partial charge in [0.05, 0.1) is 21.6 Å². The molecule has 74 heavy (non-hydrogen) atoms. The standard InChI is InChI=1S/C66H34BNO5S/c1-3-15-35(16-4-1)37-27-29-50-44(31-37)56-54-42-21-9-13-25-48(42)69-61(54)59-65(63(56)71-50)73-52-33-39(68-46-23-11-7-19-40(46)41-20-8-12-24-47(41)68)34-53-58(52)67(59)60-62-55(43-22-10-14-26-49(43)70-62)57-45-32-38(36-17-5-2-6-18-36)28-30-51(45)72-64(57)66(60)74-53/h1-34H. The third-order valence-corrected chi connectivity index (χ3v) is 17.1. The first-order valence-corrected chi connectivity index (χ1v) is 25.8. The molecule has 2 aliphatic heterocycles. The van der Waals surface area contributed by atoms with E-state index in [0.717, 1.165) is 153 Å². The second-order valence-corrected chi connectivity index (χ2v) is 20.8. The van der Waals surface area contributed by atoms with E-state index in [1.54, 1.807) is 11.8 Å². The fraction of sp³-hybridized carbons (Fsp3) is 0. The molecule has 342 valence electrons. The number of ether oxygens (including phenoxy) is 1. The number of hydrogen-bond donors (Lipinski definition) is 0. The molecule has 5 aromatic heterocycles. The van der Waals surface area contributed by atoms with Crippen LogP contribution in [0.2, 0.25) is 0 Å². The molecule has 6 nitrogen and oxygen atoms in total. The molecule has 7 heterocycles. The third-order valence-electron chi connectivity index (χ3n) is 15.9. The molecule has 0 fully saturated rings. The van der Waals surface area contributed by atoms with Gasteiger partial charge in [0.15, 0.2) is 11.3 Å². The Morgan fingerprint density at radius 2 is 0.824 bits per heavy atom. The maximum absolute atomic E-state index is 7.59. The lowest BCUT2D eigenvalue weighted by molar-refractivity contribution is 0.479. The number of nitrogens with zero attached hydrogens (tertiary/aromatic N) is 1. The molecule has 2 aliphatic rings. The summed E-state index contributed by atoms with van der Waals surface area (Å²) in [5.74, 6) is 1.38. The van der Waals surface area contributed by atoms with Gasteiger partial charge in [0, 0.05) is 70.3 Å². The molecule has 0 unspecified atom stereocenters. The SMILES string of the molecule is c1ccc(-c2ccc3oc4c5c(c6oc7ccccc7c6c4c3c2)B2c3c(cc(-n4c6ccccc6c6ccccc64)cc3Sc3c2c2oc4ccccc4c2c2c3oc3ccc(-c4ccccc4)cc32)O5)cc1. The Morgan fingerprint density at radius 3 is 1.43 bits per heavy atom. The lowest BCUT2D eigenvalue weighted by atomic mass is 9.35. The van der Waals surface area contributed by atoms with Crippen molar-refractivity contribution in [3.63, 3.8) is 0 Å². The highest BCUT2D eigenvalue weighted by Crippen LogP contribution is 2.52. The largest absolute Gasteiger partial charge is 0.457 e. The van der Waals surface area contributed by atoms with E-state index in [-0.39, 0.29) is 0 Å². The monoisotopic (exact) mass is 963 g/mol. The molecule has 8 heteroatoms. The molecule has 0 saturated carbocycles. The van der Waals surface area contributed by atoms with Crippen LogP contribution in [0.15, 0.2) is 234 Å². The van der Waals surface area contributed by atoms with Gasteiger partial charge < -0.3 is 27.0 Å². The van der Waals surface area contributed by atoms with Crippen LogP contribution in [0.3, 0.4) is 0 Å². The van der Waals surface area contributed by atoms with Crippen molar-refractivity contribution in [3.05, 3.63) is 206 Å². The molecule has 0 atom stereocenters. The number of aromatic nitrogens is 1. The Kier molecular flexibility index (Phi) is 7.53. The van der Waals surface area contributed by atoms with E-state index in [1.807, 2.05) is 6.07 Å². The molecule has 0 aliphatic carbocycles. The normalized spacial score (nSPS) is 13.2. The van der Waals surface area contributed by atoms with Gasteiger partial charge >= 0.3 is 0 Å². The fourth-order valence-electron chi connectivity index (χ4n) is 12.8. The van der Waals surface area contributed by atoms with Gasteiger partial charge in [-0.3, -0.25) is 0 Å².